The summed E-state index contributed by atoms with van der Waals surface area (Å²) in [5.74, 6) is -0.927. The molecular weight excluding hydrogens is 254 g/mol. The van der Waals surface area contributed by atoms with Gasteiger partial charge in [-0.2, -0.15) is 0 Å². The predicted molar refractivity (Wildman–Crippen MR) is 79.3 cm³/mol. The minimum Gasteiger partial charge on any atom is -0.478 e. The molecule has 1 aromatic rings. The number of carboxylic acids is 1. The highest BCUT2D eigenvalue weighted by molar-refractivity contribution is 5.93. The van der Waals surface area contributed by atoms with Gasteiger partial charge < -0.3 is 15.3 Å². The Hall–Kier alpha value is -1.62. The van der Waals surface area contributed by atoms with Crippen LogP contribution in [-0.2, 0) is 0 Å². The van der Waals surface area contributed by atoms with Crippen molar-refractivity contribution in [2.24, 2.45) is 0 Å². The lowest BCUT2D eigenvalue weighted by atomic mass is 10.0. The molecule has 5 heteroatoms. The van der Waals surface area contributed by atoms with E-state index in [1.54, 1.807) is 0 Å². The summed E-state index contributed by atoms with van der Waals surface area (Å²) in [6, 6.07) is 2.17. The predicted octanol–water partition coefficient (Wildman–Crippen LogP) is 2.37. The third-order valence-corrected chi connectivity index (χ3v) is 3.76. The molecule has 20 heavy (non-hydrogen) atoms. The van der Waals surface area contributed by atoms with Gasteiger partial charge in [0.05, 0.1) is 5.69 Å². The van der Waals surface area contributed by atoms with Crippen LogP contribution in [0.2, 0.25) is 0 Å². The number of pyridine rings is 1. The summed E-state index contributed by atoms with van der Waals surface area (Å²) in [6.45, 7) is 7.39. The summed E-state index contributed by atoms with van der Waals surface area (Å²) >= 11 is 0. The van der Waals surface area contributed by atoms with Crippen molar-refractivity contribution in [3.8, 4) is 0 Å². The second-order valence-electron chi connectivity index (χ2n) is 5.44. The summed E-state index contributed by atoms with van der Waals surface area (Å²) < 4.78 is 0. The number of carboxylic acid groups (broad SMARTS) is 1. The van der Waals surface area contributed by atoms with E-state index in [-0.39, 0.29) is 5.56 Å². The number of anilines is 1. The minimum absolute atomic E-state index is 0.256. The lowest BCUT2D eigenvalue weighted by Crippen LogP contribution is -2.39. The topological polar surface area (TPSA) is 65.5 Å². The Balaban J connectivity index is 2.00. The van der Waals surface area contributed by atoms with Crippen LogP contribution in [0.15, 0.2) is 12.3 Å². The average molecular weight is 277 g/mol. The highest BCUT2D eigenvalue weighted by Gasteiger charge is 2.20. The Morgan fingerprint density at radius 1 is 1.50 bits per heavy atom. The van der Waals surface area contributed by atoms with Crippen LogP contribution in [0.1, 0.15) is 42.2 Å². The van der Waals surface area contributed by atoms with Crippen LogP contribution in [0.25, 0.3) is 0 Å². The molecule has 0 saturated carbocycles. The number of likely N-dealkylation sites (tertiary alicyclic amines) is 1. The van der Waals surface area contributed by atoms with Crippen LogP contribution >= 0.6 is 0 Å². The largest absolute Gasteiger partial charge is 0.478 e. The van der Waals surface area contributed by atoms with E-state index in [0.29, 0.717) is 11.7 Å². The fourth-order valence-electron chi connectivity index (χ4n) is 2.69. The Kier molecular flexibility index (Phi) is 4.95. The first-order chi connectivity index (χ1) is 9.60. The molecule has 0 atom stereocenters. The van der Waals surface area contributed by atoms with E-state index in [1.807, 2.05) is 13.0 Å². The maximum atomic E-state index is 11.2. The van der Waals surface area contributed by atoms with E-state index in [1.165, 1.54) is 12.6 Å². The van der Waals surface area contributed by atoms with Gasteiger partial charge in [0.15, 0.2) is 0 Å². The molecule has 1 fully saturated rings. The van der Waals surface area contributed by atoms with Gasteiger partial charge in [-0.15, -0.1) is 0 Å². The molecule has 0 bridgehead atoms. The van der Waals surface area contributed by atoms with E-state index < -0.39 is 5.97 Å². The molecule has 2 N–H and O–H groups in total. The van der Waals surface area contributed by atoms with E-state index in [4.69, 9.17) is 0 Å². The summed E-state index contributed by atoms with van der Waals surface area (Å²) in [6.07, 6.45) is 4.73. The number of hydrogen-bond acceptors (Lipinski definition) is 4. The number of nitrogens with one attached hydrogen (secondary N) is 1. The third kappa shape index (κ3) is 3.70. The minimum atomic E-state index is -0.927. The summed E-state index contributed by atoms with van der Waals surface area (Å²) in [4.78, 5) is 17.8. The molecule has 5 nitrogen and oxygen atoms in total. The molecule has 1 saturated heterocycles. The normalized spacial score (nSPS) is 17.1. The fourth-order valence-corrected chi connectivity index (χ4v) is 2.69. The molecule has 0 radical (unpaired) electrons. The number of aromatic nitrogens is 1. The average Bonchev–Trinajstić information content (AvgIpc) is 2.41. The number of hydrogen-bond donors (Lipinski definition) is 2. The molecule has 1 aromatic heterocycles. The van der Waals surface area contributed by atoms with Crippen LogP contribution in [0.5, 0.6) is 0 Å². The van der Waals surface area contributed by atoms with Gasteiger partial charge in [0.25, 0.3) is 0 Å². The number of carbonyl (C=O) groups is 1. The molecule has 110 valence electrons. The molecule has 2 heterocycles. The molecule has 0 amide bonds. The van der Waals surface area contributed by atoms with E-state index in [9.17, 15) is 9.90 Å². The van der Waals surface area contributed by atoms with Gasteiger partial charge in [-0.3, -0.25) is 4.98 Å². The zero-order valence-corrected chi connectivity index (χ0v) is 12.2. The second kappa shape index (κ2) is 6.70. The maximum Gasteiger partial charge on any atom is 0.339 e. The molecule has 0 aromatic carbocycles. The SMILES string of the molecule is CCCN1CCC(Nc2cc(C)ncc2C(=O)O)CC1. The van der Waals surface area contributed by atoms with Crippen molar-refractivity contribution in [3.63, 3.8) is 0 Å². The van der Waals surface area contributed by atoms with Crippen LogP contribution in [-0.4, -0.2) is 46.6 Å². The Labute approximate surface area is 120 Å². The van der Waals surface area contributed by atoms with E-state index in [0.717, 1.165) is 38.2 Å². The fraction of sp³-hybridized carbons (Fsp3) is 0.600. The van der Waals surface area contributed by atoms with Crippen molar-refractivity contribution in [3.05, 3.63) is 23.5 Å². The van der Waals surface area contributed by atoms with Crippen LogP contribution in [0, 0.1) is 6.92 Å². The third-order valence-electron chi connectivity index (χ3n) is 3.76. The lowest BCUT2D eigenvalue weighted by Gasteiger charge is -2.32. The van der Waals surface area contributed by atoms with Gasteiger partial charge in [-0.1, -0.05) is 6.92 Å². The Bertz CT molecular complexity index is 468. The molecule has 0 spiro atoms. The molecule has 0 unspecified atom stereocenters. The zero-order valence-electron chi connectivity index (χ0n) is 12.2. The van der Waals surface area contributed by atoms with Crippen molar-refractivity contribution >= 4 is 11.7 Å². The molecule has 2 rings (SSSR count). The standard InChI is InChI=1S/C15H23N3O2/c1-3-6-18-7-4-12(5-8-18)17-14-9-11(2)16-10-13(14)15(19)20/h9-10,12H,3-8H2,1-2H3,(H,16,17)(H,19,20). The highest BCUT2D eigenvalue weighted by Crippen LogP contribution is 2.21. The van der Waals surface area contributed by atoms with Gasteiger partial charge in [0.2, 0.25) is 0 Å². The van der Waals surface area contributed by atoms with Crippen molar-refractivity contribution in [1.29, 1.82) is 0 Å². The van der Waals surface area contributed by atoms with Gasteiger partial charge in [0.1, 0.15) is 5.56 Å². The van der Waals surface area contributed by atoms with Gasteiger partial charge in [-0.05, 0) is 38.8 Å². The zero-order chi connectivity index (χ0) is 14.5. The molecule has 1 aliphatic heterocycles. The van der Waals surface area contributed by atoms with E-state index >= 15 is 0 Å². The monoisotopic (exact) mass is 277 g/mol. The second-order valence-corrected chi connectivity index (χ2v) is 5.44. The first-order valence-corrected chi connectivity index (χ1v) is 7.29. The lowest BCUT2D eigenvalue weighted by molar-refractivity contribution is 0.0697. The molecule has 1 aliphatic rings. The summed E-state index contributed by atoms with van der Waals surface area (Å²) in [5, 5.41) is 12.6. The van der Waals surface area contributed by atoms with Crippen molar-refractivity contribution < 1.29 is 9.90 Å². The number of aryl methyl sites for hydroxylation is 1. The Morgan fingerprint density at radius 2 is 2.20 bits per heavy atom. The van der Waals surface area contributed by atoms with Crippen molar-refractivity contribution in [2.45, 2.75) is 39.2 Å². The van der Waals surface area contributed by atoms with Crippen LogP contribution < -0.4 is 5.32 Å². The van der Waals surface area contributed by atoms with Crippen molar-refractivity contribution in [2.75, 3.05) is 25.0 Å². The number of rotatable bonds is 5. The maximum absolute atomic E-state index is 11.2. The number of piperidine rings is 1. The quantitative estimate of drug-likeness (QED) is 0.865. The van der Waals surface area contributed by atoms with Crippen molar-refractivity contribution in [1.82, 2.24) is 9.88 Å². The Morgan fingerprint density at radius 3 is 2.80 bits per heavy atom. The van der Waals surface area contributed by atoms with Crippen LogP contribution in [0.3, 0.4) is 0 Å². The first kappa shape index (κ1) is 14.8. The molecular formula is C15H23N3O2. The first-order valence-electron chi connectivity index (χ1n) is 7.29. The molecule has 0 aliphatic carbocycles. The van der Waals surface area contributed by atoms with Gasteiger partial charge >= 0.3 is 5.97 Å². The van der Waals surface area contributed by atoms with Gasteiger partial charge in [-0.25, -0.2) is 4.79 Å². The van der Waals surface area contributed by atoms with Gasteiger partial charge in [0, 0.05) is 31.0 Å². The van der Waals surface area contributed by atoms with E-state index in [2.05, 4.69) is 22.1 Å². The van der Waals surface area contributed by atoms with Crippen LogP contribution in [0.4, 0.5) is 5.69 Å². The highest BCUT2D eigenvalue weighted by atomic mass is 16.4. The number of aromatic carboxylic acids is 1. The summed E-state index contributed by atoms with van der Waals surface area (Å²) in [7, 11) is 0. The number of nitrogens with zero attached hydrogens (tertiary/aromatic N) is 2. The summed E-state index contributed by atoms with van der Waals surface area (Å²) in [5.41, 5.74) is 1.78. The smallest absolute Gasteiger partial charge is 0.339 e.